The molecule has 0 aliphatic rings. The van der Waals surface area contributed by atoms with Crippen molar-refractivity contribution >= 4 is 34.2 Å². The first kappa shape index (κ1) is 27.4. The zero-order valence-electron chi connectivity index (χ0n) is 22.9. The summed E-state index contributed by atoms with van der Waals surface area (Å²) in [6.45, 7) is 11.9. The number of aromatic nitrogens is 2. The number of fused-ring (bicyclic) bond motifs is 1. The molecule has 1 aromatic carbocycles. The lowest BCUT2D eigenvalue weighted by molar-refractivity contribution is 0.0523. The maximum Gasteiger partial charge on any atom is 0.340 e. The Bertz CT molecular complexity index is 1430. The third kappa shape index (κ3) is 5.18. The standard InChI is InChI=1S/C30H34N2O5S/c1-8-36-29(33)25-24(26(30(34)37-9-2)28(17(5)6)32-27(25)16(3)4)21-14-18-10-11-19(15-20(18)31-21)22-12-13-23(35-7)38-22/h10-17,31H,8-9H2,1-7H3. The molecule has 0 saturated heterocycles. The van der Waals surface area contributed by atoms with E-state index in [1.807, 2.05) is 52.0 Å². The Morgan fingerprint density at radius 3 is 2.00 bits per heavy atom. The number of carbonyl (C=O) groups excluding carboxylic acids is 2. The molecule has 0 spiro atoms. The molecule has 1 N–H and O–H groups in total. The first-order valence-electron chi connectivity index (χ1n) is 12.9. The molecule has 0 fully saturated rings. The molecule has 0 radical (unpaired) electrons. The minimum Gasteiger partial charge on any atom is -0.487 e. The number of benzene rings is 1. The number of thiophene rings is 1. The summed E-state index contributed by atoms with van der Waals surface area (Å²) >= 11 is 1.56. The molecule has 0 amide bonds. The zero-order valence-corrected chi connectivity index (χ0v) is 23.7. The third-order valence-corrected chi connectivity index (χ3v) is 7.36. The fourth-order valence-electron chi connectivity index (χ4n) is 4.55. The van der Waals surface area contributed by atoms with Crippen molar-refractivity contribution in [2.45, 2.75) is 53.4 Å². The number of H-pyrrole nitrogens is 1. The molecule has 0 aliphatic heterocycles. The molecule has 0 atom stereocenters. The number of rotatable bonds is 9. The molecule has 8 heteroatoms. The summed E-state index contributed by atoms with van der Waals surface area (Å²) in [4.78, 5) is 36.3. The summed E-state index contributed by atoms with van der Waals surface area (Å²) in [5.41, 5.74) is 4.81. The fourth-order valence-corrected chi connectivity index (χ4v) is 5.36. The Labute approximate surface area is 227 Å². The second-order valence-corrected chi connectivity index (χ2v) is 10.6. The minimum atomic E-state index is -0.510. The van der Waals surface area contributed by atoms with Gasteiger partial charge < -0.3 is 19.2 Å². The summed E-state index contributed by atoms with van der Waals surface area (Å²) in [6.07, 6.45) is 0. The summed E-state index contributed by atoms with van der Waals surface area (Å²) in [6, 6.07) is 12.1. The zero-order chi connectivity index (χ0) is 27.6. The summed E-state index contributed by atoms with van der Waals surface area (Å²) in [5.74, 6) is -1.17. The van der Waals surface area contributed by atoms with Crippen molar-refractivity contribution in [3.63, 3.8) is 0 Å². The fraction of sp³-hybridized carbons (Fsp3) is 0.367. The Morgan fingerprint density at radius 1 is 0.895 bits per heavy atom. The molecule has 0 bridgehead atoms. The van der Waals surface area contributed by atoms with Crippen molar-refractivity contribution in [3.05, 3.63) is 58.9 Å². The number of nitrogens with one attached hydrogen (secondary N) is 1. The number of aromatic amines is 1. The van der Waals surface area contributed by atoms with Crippen molar-refractivity contribution in [2.75, 3.05) is 20.3 Å². The topological polar surface area (TPSA) is 90.5 Å². The average molecular weight is 535 g/mol. The van der Waals surface area contributed by atoms with E-state index in [1.165, 1.54) is 0 Å². The van der Waals surface area contributed by atoms with Crippen molar-refractivity contribution in [1.29, 1.82) is 0 Å². The maximum absolute atomic E-state index is 13.4. The van der Waals surface area contributed by atoms with E-state index in [-0.39, 0.29) is 25.0 Å². The predicted molar refractivity (Wildman–Crippen MR) is 151 cm³/mol. The number of ether oxygens (including phenoxy) is 3. The van der Waals surface area contributed by atoms with Crippen LogP contribution in [0.3, 0.4) is 0 Å². The molecular weight excluding hydrogens is 500 g/mol. The van der Waals surface area contributed by atoms with E-state index in [0.29, 0.717) is 33.8 Å². The monoisotopic (exact) mass is 534 g/mol. The lowest BCUT2D eigenvalue weighted by Gasteiger charge is -2.22. The van der Waals surface area contributed by atoms with Crippen LogP contribution in [-0.4, -0.2) is 42.2 Å². The average Bonchev–Trinajstić information content (AvgIpc) is 3.54. The van der Waals surface area contributed by atoms with Gasteiger partial charge in [0.25, 0.3) is 0 Å². The lowest BCUT2D eigenvalue weighted by atomic mass is 9.89. The van der Waals surface area contributed by atoms with Gasteiger partial charge >= 0.3 is 11.9 Å². The molecule has 3 heterocycles. The Balaban J connectivity index is 2.03. The molecule has 3 aromatic heterocycles. The summed E-state index contributed by atoms with van der Waals surface area (Å²) < 4.78 is 16.3. The van der Waals surface area contributed by atoms with Crippen molar-refractivity contribution in [3.8, 4) is 26.8 Å². The number of methoxy groups -OCH3 is 1. The van der Waals surface area contributed by atoms with Gasteiger partial charge in [0.05, 0.1) is 42.8 Å². The molecule has 4 rings (SSSR count). The van der Waals surface area contributed by atoms with Gasteiger partial charge in [-0.15, -0.1) is 0 Å². The van der Waals surface area contributed by atoms with Crippen LogP contribution in [0.2, 0.25) is 0 Å². The second-order valence-electron chi connectivity index (χ2n) is 9.57. The van der Waals surface area contributed by atoms with E-state index < -0.39 is 11.9 Å². The van der Waals surface area contributed by atoms with Gasteiger partial charge in [-0.2, -0.15) is 0 Å². The highest BCUT2D eigenvalue weighted by Crippen LogP contribution is 2.39. The smallest absolute Gasteiger partial charge is 0.340 e. The highest BCUT2D eigenvalue weighted by Gasteiger charge is 2.32. The Hall–Kier alpha value is -3.65. The van der Waals surface area contributed by atoms with Crippen LogP contribution in [0.15, 0.2) is 36.4 Å². The first-order valence-corrected chi connectivity index (χ1v) is 13.7. The van der Waals surface area contributed by atoms with E-state index in [2.05, 4.69) is 17.1 Å². The van der Waals surface area contributed by atoms with E-state index in [4.69, 9.17) is 19.2 Å². The third-order valence-electron chi connectivity index (χ3n) is 6.26. The van der Waals surface area contributed by atoms with Crippen LogP contribution in [0.4, 0.5) is 0 Å². The summed E-state index contributed by atoms with van der Waals surface area (Å²) in [7, 11) is 1.66. The van der Waals surface area contributed by atoms with Crippen LogP contribution in [0.25, 0.3) is 32.6 Å². The molecular formula is C30H34N2O5S. The summed E-state index contributed by atoms with van der Waals surface area (Å²) in [5, 5.41) is 1.79. The molecule has 0 saturated carbocycles. The maximum atomic E-state index is 13.4. The highest BCUT2D eigenvalue weighted by atomic mass is 32.1. The van der Waals surface area contributed by atoms with Crippen molar-refractivity contribution in [1.82, 2.24) is 9.97 Å². The van der Waals surface area contributed by atoms with Crippen molar-refractivity contribution in [2.24, 2.45) is 0 Å². The Kier molecular flexibility index (Phi) is 8.21. The quantitative estimate of drug-likeness (QED) is 0.223. The van der Waals surface area contributed by atoms with Gasteiger partial charge in [0, 0.05) is 27.0 Å². The van der Waals surface area contributed by atoms with Crippen LogP contribution >= 0.6 is 11.3 Å². The van der Waals surface area contributed by atoms with Crippen LogP contribution in [0.5, 0.6) is 5.06 Å². The molecule has 38 heavy (non-hydrogen) atoms. The van der Waals surface area contributed by atoms with Gasteiger partial charge in [-0.1, -0.05) is 51.2 Å². The van der Waals surface area contributed by atoms with Gasteiger partial charge in [-0.25, -0.2) is 9.59 Å². The largest absolute Gasteiger partial charge is 0.487 e. The van der Waals surface area contributed by atoms with E-state index in [1.54, 1.807) is 32.3 Å². The number of hydrogen-bond acceptors (Lipinski definition) is 7. The van der Waals surface area contributed by atoms with E-state index in [9.17, 15) is 9.59 Å². The SMILES string of the molecule is CCOC(=O)c1c(C(C)C)nc(C(C)C)c(C(=O)OCC)c1-c1cc2ccc(-c3ccc(OC)s3)cc2[nH]1. The molecule has 4 aromatic rings. The number of nitrogens with zero attached hydrogens (tertiary/aromatic N) is 1. The van der Waals surface area contributed by atoms with E-state index in [0.717, 1.165) is 26.4 Å². The van der Waals surface area contributed by atoms with E-state index >= 15 is 0 Å². The molecule has 0 unspecified atom stereocenters. The van der Waals surface area contributed by atoms with Crippen molar-refractivity contribution < 1.29 is 23.8 Å². The lowest BCUT2D eigenvalue weighted by Crippen LogP contribution is -2.21. The van der Waals surface area contributed by atoms with Gasteiger partial charge in [-0.05, 0) is 55.5 Å². The van der Waals surface area contributed by atoms with Gasteiger partial charge in [0.2, 0.25) is 0 Å². The second kappa shape index (κ2) is 11.4. The van der Waals surface area contributed by atoms with Gasteiger partial charge in [-0.3, -0.25) is 4.98 Å². The van der Waals surface area contributed by atoms with Crippen LogP contribution in [-0.2, 0) is 9.47 Å². The highest BCUT2D eigenvalue weighted by molar-refractivity contribution is 7.17. The van der Waals surface area contributed by atoms with Crippen LogP contribution in [0.1, 0.15) is 85.5 Å². The minimum absolute atomic E-state index is 0.0771. The molecule has 200 valence electrons. The number of carbonyl (C=O) groups is 2. The number of hydrogen-bond donors (Lipinski definition) is 1. The van der Waals surface area contributed by atoms with Crippen LogP contribution in [0, 0.1) is 0 Å². The predicted octanol–water partition coefficient (Wildman–Crippen LogP) is 7.57. The number of pyridine rings is 1. The Morgan fingerprint density at radius 2 is 1.50 bits per heavy atom. The first-order chi connectivity index (χ1) is 18.2. The molecule has 0 aliphatic carbocycles. The van der Waals surface area contributed by atoms with Gasteiger partial charge in [0.1, 0.15) is 0 Å². The van der Waals surface area contributed by atoms with Gasteiger partial charge in [0.15, 0.2) is 5.06 Å². The normalized spacial score (nSPS) is 11.4. The number of esters is 2. The van der Waals surface area contributed by atoms with Crippen LogP contribution < -0.4 is 4.74 Å². The molecule has 7 nitrogen and oxygen atoms in total.